The van der Waals surface area contributed by atoms with Gasteiger partial charge < -0.3 is 9.53 Å². The van der Waals surface area contributed by atoms with Gasteiger partial charge in [-0.3, -0.25) is 24.3 Å². The third-order valence-corrected chi connectivity index (χ3v) is 4.60. The molecule has 0 fully saturated rings. The van der Waals surface area contributed by atoms with E-state index in [1.807, 2.05) is 24.3 Å². The lowest BCUT2D eigenvalue weighted by atomic mass is 10.0. The van der Waals surface area contributed by atoms with Crippen molar-refractivity contribution in [3.05, 3.63) is 68.1 Å². The van der Waals surface area contributed by atoms with Gasteiger partial charge in [-0.05, 0) is 50.2 Å². The Morgan fingerprint density at radius 3 is 2.41 bits per heavy atom. The van der Waals surface area contributed by atoms with Gasteiger partial charge in [0.05, 0.1) is 4.92 Å². The van der Waals surface area contributed by atoms with Gasteiger partial charge in [0, 0.05) is 11.8 Å². The topological polar surface area (TPSA) is 112 Å². The molecule has 8 nitrogen and oxygen atoms in total. The fraction of sp³-hybridized carbons (Fsp3) is 0.333. The summed E-state index contributed by atoms with van der Waals surface area (Å²) >= 11 is 0. The van der Waals surface area contributed by atoms with Gasteiger partial charge >= 0.3 is 17.2 Å². The maximum absolute atomic E-state index is 12.3. The number of aryl methyl sites for hydroxylation is 2. The molecule has 0 atom stereocenters. The van der Waals surface area contributed by atoms with Crippen LogP contribution in [0.25, 0.3) is 0 Å². The molecule has 0 aliphatic carbocycles. The number of carboxylic acids is 1. The molecule has 0 unspecified atom stereocenters. The standard InChI is InChI=1S/C18H22N2O6Si/c1-27(2,3)26-15-7-5-4-6-13(15)8-9-14-10-11-19(12-16(21)22)18(23)17(14)20(24)25/h4-7,10-11H,8-9,12H2,1-3H3,(H,21,22). The smallest absolute Gasteiger partial charge is 0.337 e. The first-order chi connectivity index (χ1) is 12.6. The van der Waals surface area contributed by atoms with Crippen LogP contribution >= 0.6 is 0 Å². The van der Waals surface area contributed by atoms with Gasteiger partial charge in [-0.25, -0.2) is 0 Å². The van der Waals surface area contributed by atoms with Crippen LogP contribution in [0.5, 0.6) is 5.75 Å². The van der Waals surface area contributed by atoms with Crippen LogP contribution in [0.3, 0.4) is 0 Å². The van der Waals surface area contributed by atoms with Crippen molar-refractivity contribution in [2.45, 2.75) is 39.0 Å². The zero-order valence-electron chi connectivity index (χ0n) is 15.5. The van der Waals surface area contributed by atoms with Gasteiger partial charge in [-0.2, -0.15) is 0 Å². The van der Waals surface area contributed by atoms with Crippen LogP contribution in [0, 0.1) is 10.1 Å². The Morgan fingerprint density at radius 1 is 1.19 bits per heavy atom. The van der Waals surface area contributed by atoms with E-state index in [-0.39, 0.29) is 12.0 Å². The average Bonchev–Trinajstić information content (AvgIpc) is 2.54. The van der Waals surface area contributed by atoms with Crippen molar-refractivity contribution in [3.8, 4) is 5.75 Å². The van der Waals surface area contributed by atoms with Gasteiger partial charge in [0.1, 0.15) is 12.3 Å². The van der Waals surface area contributed by atoms with Crippen molar-refractivity contribution >= 4 is 20.0 Å². The van der Waals surface area contributed by atoms with E-state index in [4.69, 9.17) is 9.53 Å². The van der Waals surface area contributed by atoms with Crippen molar-refractivity contribution in [2.75, 3.05) is 0 Å². The highest BCUT2D eigenvalue weighted by molar-refractivity contribution is 6.70. The summed E-state index contributed by atoms with van der Waals surface area (Å²) in [6.45, 7) is 5.58. The summed E-state index contributed by atoms with van der Waals surface area (Å²) in [6.07, 6.45) is 2.01. The molecule has 0 saturated heterocycles. The number of hydrogen-bond acceptors (Lipinski definition) is 5. The van der Waals surface area contributed by atoms with Crippen LogP contribution in [-0.2, 0) is 24.2 Å². The Morgan fingerprint density at radius 2 is 1.81 bits per heavy atom. The van der Waals surface area contributed by atoms with Gasteiger partial charge in [-0.1, -0.05) is 18.2 Å². The summed E-state index contributed by atoms with van der Waals surface area (Å²) < 4.78 is 6.89. The van der Waals surface area contributed by atoms with Crippen LogP contribution in [0.4, 0.5) is 5.69 Å². The van der Waals surface area contributed by atoms with E-state index in [0.29, 0.717) is 6.42 Å². The summed E-state index contributed by atoms with van der Waals surface area (Å²) in [5.41, 5.74) is -0.313. The molecule has 9 heteroatoms. The first-order valence-corrected chi connectivity index (χ1v) is 11.8. The average molecular weight is 390 g/mol. The van der Waals surface area contributed by atoms with Gasteiger partial charge in [0.15, 0.2) is 0 Å². The second kappa shape index (κ2) is 8.17. The Bertz CT molecular complexity index is 917. The maximum atomic E-state index is 12.3. The summed E-state index contributed by atoms with van der Waals surface area (Å²) in [6, 6.07) is 8.93. The molecule has 2 rings (SSSR count). The van der Waals surface area contributed by atoms with E-state index in [1.54, 1.807) is 0 Å². The van der Waals surface area contributed by atoms with Crippen molar-refractivity contribution in [3.63, 3.8) is 0 Å². The number of pyridine rings is 1. The predicted octanol–water partition coefficient (Wildman–Crippen LogP) is 2.84. The molecule has 0 radical (unpaired) electrons. The highest BCUT2D eigenvalue weighted by Gasteiger charge is 2.23. The summed E-state index contributed by atoms with van der Waals surface area (Å²) in [5.74, 6) is -0.491. The predicted molar refractivity (Wildman–Crippen MR) is 103 cm³/mol. The highest BCUT2D eigenvalue weighted by atomic mass is 28.4. The Kier molecular flexibility index (Phi) is 6.16. The SMILES string of the molecule is C[Si](C)(C)Oc1ccccc1CCc1ccn(CC(=O)O)c(=O)c1[N+](=O)[O-]. The Hall–Kier alpha value is -2.94. The van der Waals surface area contributed by atoms with E-state index in [2.05, 4.69) is 19.6 Å². The van der Waals surface area contributed by atoms with Crippen LogP contribution in [0.15, 0.2) is 41.3 Å². The number of para-hydroxylation sites is 1. The number of aliphatic carboxylic acids is 1. The third kappa shape index (κ3) is 5.51. The van der Waals surface area contributed by atoms with E-state index in [9.17, 15) is 19.7 Å². The van der Waals surface area contributed by atoms with E-state index in [1.165, 1.54) is 12.3 Å². The first-order valence-electron chi connectivity index (χ1n) is 8.44. The van der Waals surface area contributed by atoms with E-state index < -0.39 is 37.0 Å². The van der Waals surface area contributed by atoms with Crippen LogP contribution < -0.4 is 9.99 Å². The molecule has 0 amide bonds. The van der Waals surface area contributed by atoms with E-state index in [0.717, 1.165) is 15.9 Å². The number of benzene rings is 1. The minimum absolute atomic E-state index is 0.269. The molecular weight excluding hydrogens is 368 g/mol. The van der Waals surface area contributed by atoms with Crippen LogP contribution in [-0.4, -0.2) is 28.9 Å². The molecule has 1 heterocycles. The largest absolute Gasteiger partial charge is 0.544 e. The van der Waals surface area contributed by atoms with Crippen molar-refractivity contribution < 1.29 is 19.3 Å². The lowest BCUT2D eigenvalue weighted by Gasteiger charge is -2.21. The summed E-state index contributed by atoms with van der Waals surface area (Å²) in [5, 5.41) is 20.2. The molecule has 1 aromatic heterocycles. The molecule has 0 saturated carbocycles. The lowest BCUT2D eigenvalue weighted by molar-refractivity contribution is -0.387. The normalized spacial score (nSPS) is 11.2. The minimum Gasteiger partial charge on any atom is -0.544 e. The number of nitro groups is 1. The Balaban J connectivity index is 2.31. The minimum atomic E-state index is -1.82. The number of carbonyl (C=O) groups is 1. The molecule has 0 bridgehead atoms. The first kappa shape index (κ1) is 20.4. The molecule has 1 N–H and O–H groups in total. The quantitative estimate of drug-likeness (QED) is 0.421. The molecular formula is C18H22N2O6Si. The molecule has 144 valence electrons. The second-order valence-electron chi connectivity index (χ2n) is 7.10. The highest BCUT2D eigenvalue weighted by Crippen LogP contribution is 2.24. The monoisotopic (exact) mass is 390 g/mol. The van der Waals surface area contributed by atoms with Crippen LogP contribution in [0.1, 0.15) is 11.1 Å². The fourth-order valence-corrected chi connectivity index (χ4v) is 3.54. The zero-order chi connectivity index (χ0) is 20.2. The third-order valence-electron chi connectivity index (χ3n) is 3.76. The van der Waals surface area contributed by atoms with Gasteiger partial charge in [0.2, 0.25) is 8.32 Å². The lowest BCUT2D eigenvalue weighted by Crippen LogP contribution is -2.29. The molecule has 1 aromatic carbocycles. The number of rotatable bonds is 8. The number of nitrogens with zero attached hydrogens (tertiary/aromatic N) is 2. The van der Waals surface area contributed by atoms with Crippen molar-refractivity contribution in [2.24, 2.45) is 0 Å². The Labute approximate surface area is 157 Å². The molecule has 0 spiro atoms. The molecule has 27 heavy (non-hydrogen) atoms. The van der Waals surface area contributed by atoms with Gasteiger partial charge in [0.25, 0.3) is 0 Å². The zero-order valence-corrected chi connectivity index (χ0v) is 16.5. The maximum Gasteiger partial charge on any atom is 0.337 e. The number of hydrogen-bond donors (Lipinski definition) is 1. The van der Waals surface area contributed by atoms with Gasteiger partial charge in [-0.15, -0.1) is 0 Å². The fourth-order valence-electron chi connectivity index (χ4n) is 2.68. The summed E-state index contributed by atoms with van der Waals surface area (Å²) in [7, 11) is -1.82. The number of carboxylic acid groups (broad SMARTS) is 1. The molecule has 0 aliphatic heterocycles. The van der Waals surface area contributed by atoms with E-state index >= 15 is 0 Å². The van der Waals surface area contributed by atoms with Crippen molar-refractivity contribution in [1.82, 2.24) is 4.57 Å². The number of aromatic nitrogens is 1. The molecule has 2 aromatic rings. The summed E-state index contributed by atoms with van der Waals surface area (Å²) in [4.78, 5) is 33.7. The second-order valence-corrected chi connectivity index (χ2v) is 11.5. The molecule has 0 aliphatic rings. The van der Waals surface area contributed by atoms with Crippen molar-refractivity contribution in [1.29, 1.82) is 0 Å². The van der Waals surface area contributed by atoms with Crippen LogP contribution in [0.2, 0.25) is 19.6 Å².